The minimum atomic E-state index is -0.544. The SMILES string of the molecule is C=CC(=O)N1CCN(c2nc(N3CC(N(C)C)C3)nc3c(F)c(-c4c(C)ccc5[nH]ncc45)c(Cl)cc23)C/C1=C\C#N. The molecule has 12 heteroatoms. The Bertz CT molecular complexity index is 1820. The number of amides is 1. The average molecular weight is 586 g/mol. The Kier molecular flexibility index (Phi) is 7.04. The highest BCUT2D eigenvalue weighted by Gasteiger charge is 2.33. The van der Waals surface area contributed by atoms with Crippen LogP contribution < -0.4 is 9.80 Å². The number of fused-ring (bicyclic) bond motifs is 2. The predicted octanol–water partition coefficient (Wildman–Crippen LogP) is 4.27. The zero-order chi connectivity index (χ0) is 29.7. The number of hydrogen-bond donors (Lipinski definition) is 1. The first-order valence-electron chi connectivity index (χ1n) is 13.5. The fraction of sp³-hybridized carbons (Fsp3) is 0.300. The maximum atomic E-state index is 16.8. The molecule has 0 saturated carbocycles. The van der Waals surface area contributed by atoms with Gasteiger partial charge in [-0.3, -0.25) is 9.89 Å². The zero-order valence-corrected chi connectivity index (χ0v) is 24.3. The van der Waals surface area contributed by atoms with Crippen molar-refractivity contribution < 1.29 is 9.18 Å². The summed E-state index contributed by atoms with van der Waals surface area (Å²) in [4.78, 5) is 29.8. The van der Waals surface area contributed by atoms with Gasteiger partial charge in [-0.05, 0) is 44.8 Å². The molecule has 2 fully saturated rings. The van der Waals surface area contributed by atoms with Crippen LogP contribution in [-0.2, 0) is 4.79 Å². The van der Waals surface area contributed by atoms with Crippen LogP contribution in [0, 0.1) is 24.1 Å². The molecule has 4 aromatic rings. The van der Waals surface area contributed by atoms with Crippen LogP contribution >= 0.6 is 11.6 Å². The van der Waals surface area contributed by atoms with Crippen molar-refractivity contribution in [3.63, 3.8) is 0 Å². The number of carbonyl (C=O) groups excluding carboxylic acids is 1. The van der Waals surface area contributed by atoms with E-state index in [4.69, 9.17) is 21.6 Å². The van der Waals surface area contributed by atoms with Crippen molar-refractivity contribution in [3.8, 4) is 17.2 Å². The van der Waals surface area contributed by atoms with Crippen molar-refractivity contribution in [1.82, 2.24) is 30.0 Å². The van der Waals surface area contributed by atoms with Gasteiger partial charge in [0.15, 0.2) is 5.82 Å². The molecule has 0 bridgehead atoms. The number of piperazine rings is 1. The highest BCUT2D eigenvalue weighted by atomic mass is 35.5. The highest BCUT2D eigenvalue weighted by Crippen LogP contribution is 2.42. The van der Waals surface area contributed by atoms with E-state index in [0.29, 0.717) is 60.6 Å². The zero-order valence-electron chi connectivity index (χ0n) is 23.5. The fourth-order valence-electron chi connectivity index (χ4n) is 5.65. The largest absolute Gasteiger partial charge is 0.348 e. The number of hydrogen-bond acceptors (Lipinski definition) is 8. The van der Waals surface area contributed by atoms with E-state index in [-0.39, 0.29) is 28.6 Å². The number of H-pyrrole nitrogens is 1. The molecule has 0 spiro atoms. The van der Waals surface area contributed by atoms with E-state index in [1.165, 1.54) is 17.1 Å². The van der Waals surface area contributed by atoms with Gasteiger partial charge < -0.3 is 19.6 Å². The van der Waals surface area contributed by atoms with Crippen LogP contribution in [0.1, 0.15) is 5.56 Å². The molecule has 2 aliphatic rings. The lowest BCUT2D eigenvalue weighted by atomic mass is 9.95. The summed E-state index contributed by atoms with van der Waals surface area (Å²) in [5.74, 6) is 0.0687. The second-order valence-electron chi connectivity index (χ2n) is 10.8. The van der Waals surface area contributed by atoms with Crippen molar-refractivity contribution in [3.05, 3.63) is 65.2 Å². The molecule has 6 rings (SSSR count). The van der Waals surface area contributed by atoms with Gasteiger partial charge in [0, 0.05) is 60.2 Å². The lowest BCUT2D eigenvalue weighted by molar-refractivity contribution is -0.124. The van der Waals surface area contributed by atoms with Gasteiger partial charge in [-0.15, -0.1) is 0 Å². The molecular formula is C30H29ClFN9O. The molecule has 10 nitrogen and oxygen atoms in total. The number of likely N-dealkylation sites (N-methyl/N-ethyl adjacent to an activating group) is 1. The van der Waals surface area contributed by atoms with Crippen molar-refractivity contribution in [2.75, 3.05) is 56.6 Å². The van der Waals surface area contributed by atoms with E-state index in [0.717, 1.165) is 16.5 Å². The van der Waals surface area contributed by atoms with Crippen molar-refractivity contribution >= 4 is 51.1 Å². The van der Waals surface area contributed by atoms with Gasteiger partial charge in [0.2, 0.25) is 11.9 Å². The van der Waals surface area contributed by atoms with Gasteiger partial charge in [0.1, 0.15) is 11.3 Å². The van der Waals surface area contributed by atoms with Gasteiger partial charge in [0.25, 0.3) is 0 Å². The van der Waals surface area contributed by atoms with Gasteiger partial charge in [-0.2, -0.15) is 15.3 Å². The maximum Gasteiger partial charge on any atom is 0.250 e. The molecule has 0 unspecified atom stereocenters. The number of aryl methyl sites for hydroxylation is 1. The topological polar surface area (TPSA) is 108 Å². The minimum absolute atomic E-state index is 0.151. The van der Waals surface area contributed by atoms with E-state index in [1.54, 1.807) is 12.3 Å². The molecule has 2 saturated heterocycles. The molecule has 4 heterocycles. The summed E-state index contributed by atoms with van der Waals surface area (Å²) in [7, 11) is 4.04. The number of halogens is 2. The molecule has 2 aromatic heterocycles. The summed E-state index contributed by atoms with van der Waals surface area (Å²) in [5.41, 5.74) is 3.19. The van der Waals surface area contributed by atoms with Gasteiger partial charge >= 0.3 is 0 Å². The minimum Gasteiger partial charge on any atom is -0.348 e. The number of benzene rings is 2. The summed E-state index contributed by atoms with van der Waals surface area (Å²) in [6.45, 7) is 7.83. The molecule has 2 aromatic carbocycles. The first kappa shape index (κ1) is 27.6. The van der Waals surface area contributed by atoms with Gasteiger partial charge in [-0.1, -0.05) is 24.2 Å². The summed E-state index contributed by atoms with van der Waals surface area (Å²) in [6.07, 6.45) is 4.24. The smallest absolute Gasteiger partial charge is 0.250 e. The first-order chi connectivity index (χ1) is 20.2. The molecule has 0 radical (unpaired) electrons. The number of aromatic amines is 1. The van der Waals surface area contributed by atoms with E-state index >= 15 is 4.39 Å². The quantitative estimate of drug-likeness (QED) is 0.273. The highest BCUT2D eigenvalue weighted by molar-refractivity contribution is 6.35. The average Bonchev–Trinajstić information content (AvgIpc) is 3.42. The normalized spacial score (nSPS) is 16.9. The Morgan fingerprint density at radius 2 is 2.00 bits per heavy atom. The molecule has 214 valence electrons. The van der Waals surface area contributed by atoms with Crippen LogP contribution in [0.15, 0.2) is 48.8 Å². The Labute approximate surface area is 247 Å². The molecule has 1 N–H and O–H groups in total. The molecule has 0 atom stereocenters. The van der Waals surface area contributed by atoms with Crippen LogP contribution in [0.25, 0.3) is 32.9 Å². The number of anilines is 2. The van der Waals surface area contributed by atoms with Gasteiger partial charge in [-0.25, -0.2) is 9.37 Å². The van der Waals surface area contributed by atoms with Gasteiger partial charge in [0.05, 0.1) is 35.0 Å². The van der Waals surface area contributed by atoms with Crippen LogP contribution in [-0.4, -0.2) is 88.7 Å². The number of nitrogens with zero attached hydrogens (tertiary/aromatic N) is 8. The first-order valence-corrected chi connectivity index (χ1v) is 13.9. The Balaban J connectivity index is 1.53. The third-order valence-electron chi connectivity index (χ3n) is 8.07. The van der Waals surface area contributed by atoms with Crippen molar-refractivity contribution in [2.45, 2.75) is 13.0 Å². The lowest BCUT2D eigenvalue weighted by Gasteiger charge is -2.43. The second kappa shape index (κ2) is 10.7. The molecule has 2 aliphatic heterocycles. The van der Waals surface area contributed by atoms with Crippen LogP contribution in [0.2, 0.25) is 5.02 Å². The van der Waals surface area contributed by atoms with E-state index < -0.39 is 5.82 Å². The third-order valence-corrected chi connectivity index (χ3v) is 8.37. The number of carbonyl (C=O) groups is 1. The Morgan fingerprint density at radius 3 is 2.71 bits per heavy atom. The van der Waals surface area contributed by atoms with Crippen LogP contribution in [0.3, 0.4) is 0 Å². The number of allylic oxidation sites excluding steroid dienone is 1. The molecule has 1 amide bonds. The third kappa shape index (κ3) is 4.53. The van der Waals surface area contributed by atoms with Crippen LogP contribution in [0.4, 0.5) is 16.2 Å². The van der Waals surface area contributed by atoms with E-state index in [2.05, 4.69) is 21.7 Å². The van der Waals surface area contributed by atoms with Crippen molar-refractivity contribution in [1.29, 1.82) is 5.26 Å². The maximum absolute atomic E-state index is 16.8. The number of nitrogens with one attached hydrogen (secondary N) is 1. The monoisotopic (exact) mass is 585 g/mol. The fourth-order valence-corrected chi connectivity index (χ4v) is 5.94. The predicted molar refractivity (Wildman–Crippen MR) is 162 cm³/mol. The number of rotatable bonds is 5. The Hall–Kier alpha value is -4.53. The van der Waals surface area contributed by atoms with E-state index in [9.17, 15) is 10.1 Å². The number of aromatic nitrogens is 4. The summed E-state index contributed by atoms with van der Waals surface area (Å²) >= 11 is 6.87. The lowest BCUT2D eigenvalue weighted by Crippen LogP contribution is -2.58. The second-order valence-corrected chi connectivity index (χ2v) is 11.2. The number of nitriles is 1. The summed E-state index contributed by atoms with van der Waals surface area (Å²) in [5, 5.41) is 18.0. The summed E-state index contributed by atoms with van der Waals surface area (Å²) in [6, 6.07) is 7.88. The summed E-state index contributed by atoms with van der Waals surface area (Å²) < 4.78 is 16.8. The Morgan fingerprint density at radius 1 is 1.21 bits per heavy atom. The van der Waals surface area contributed by atoms with E-state index in [1.807, 2.05) is 49.0 Å². The molecule has 0 aliphatic carbocycles. The molecule has 42 heavy (non-hydrogen) atoms. The van der Waals surface area contributed by atoms with Crippen molar-refractivity contribution in [2.24, 2.45) is 0 Å². The van der Waals surface area contributed by atoms with Crippen LogP contribution in [0.5, 0.6) is 0 Å². The standard InChI is InChI=1S/C30H29ClFN9O/c1-5-24(42)41-11-10-39(14-18(41)8-9-33)29-20-12-22(31)26(25-17(2)6-7-23-21(25)13-34-37-23)27(32)28(20)35-30(36-29)40-15-19(16-40)38(3)4/h5-8,12-13,19H,1,10-11,14-16H2,2-4H3,(H,34,37)/b18-8+. The molecular weight excluding hydrogens is 557 g/mol.